The zero-order chi connectivity index (χ0) is 14.0. The summed E-state index contributed by atoms with van der Waals surface area (Å²) in [7, 11) is 0. The van der Waals surface area contributed by atoms with Crippen LogP contribution in [-0.4, -0.2) is 29.7 Å². The number of ether oxygens (including phenoxy) is 1. The number of hydrogen-bond acceptors (Lipinski definition) is 2. The molecule has 0 unspecified atom stereocenters. The van der Waals surface area contributed by atoms with Crippen molar-refractivity contribution >= 4 is 27.6 Å². The van der Waals surface area contributed by atoms with E-state index in [1.807, 2.05) is 39.0 Å². The molecule has 102 valence electrons. The lowest BCUT2D eigenvalue weighted by molar-refractivity contribution is 0.0306. The molecule has 0 aliphatic carbocycles. The molecule has 0 fully saturated rings. The fraction of sp³-hybridized carbons (Fsp3) is 0.400. The lowest BCUT2D eigenvalue weighted by atomic mass is 10.1. The summed E-state index contributed by atoms with van der Waals surface area (Å²) in [5, 5.41) is 0. The Morgan fingerprint density at radius 1 is 1.32 bits per heavy atom. The molecule has 1 aromatic carbocycles. The second-order valence-electron chi connectivity index (χ2n) is 5.57. The molecule has 0 radical (unpaired) electrons. The summed E-state index contributed by atoms with van der Waals surface area (Å²) in [6.07, 6.45) is 1.81. The lowest BCUT2D eigenvalue weighted by Crippen LogP contribution is -2.35. The van der Waals surface area contributed by atoms with Gasteiger partial charge in [-0.2, -0.15) is 0 Å². The molecule has 0 aromatic heterocycles. The largest absolute Gasteiger partial charge is 0.444 e. The molecule has 2 rings (SSSR count). The van der Waals surface area contributed by atoms with Crippen LogP contribution in [0.25, 0.3) is 5.57 Å². The van der Waals surface area contributed by atoms with Crippen LogP contribution in [0.1, 0.15) is 26.3 Å². The maximum Gasteiger partial charge on any atom is 0.410 e. The molecular formula is C15H18BrNO2. The molecule has 0 atom stereocenters. The van der Waals surface area contributed by atoms with Crippen LogP contribution in [0.2, 0.25) is 0 Å². The first-order chi connectivity index (χ1) is 8.87. The van der Waals surface area contributed by atoms with Crippen molar-refractivity contribution in [2.75, 3.05) is 13.1 Å². The zero-order valence-corrected chi connectivity index (χ0v) is 13.0. The molecule has 19 heavy (non-hydrogen) atoms. The van der Waals surface area contributed by atoms with E-state index in [2.05, 4.69) is 28.1 Å². The minimum absolute atomic E-state index is 0.259. The van der Waals surface area contributed by atoms with Crippen molar-refractivity contribution in [3.8, 4) is 0 Å². The Bertz CT molecular complexity index is 517. The summed E-state index contributed by atoms with van der Waals surface area (Å²) >= 11 is 3.54. The van der Waals surface area contributed by atoms with Crippen LogP contribution in [0.15, 0.2) is 34.8 Å². The van der Waals surface area contributed by atoms with Crippen LogP contribution in [-0.2, 0) is 4.74 Å². The number of hydrogen-bond donors (Lipinski definition) is 0. The van der Waals surface area contributed by atoms with Gasteiger partial charge in [-0.3, -0.25) is 0 Å². The second-order valence-corrected chi connectivity index (χ2v) is 6.42. The average molecular weight is 324 g/mol. The van der Waals surface area contributed by atoms with Gasteiger partial charge in [-0.1, -0.05) is 40.2 Å². The summed E-state index contributed by atoms with van der Waals surface area (Å²) in [6, 6.07) is 8.03. The van der Waals surface area contributed by atoms with Crippen molar-refractivity contribution in [1.82, 2.24) is 4.90 Å². The van der Waals surface area contributed by atoms with Gasteiger partial charge >= 0.3 is 6.09 Å². The second kappa shape index (κ2) is 5.37. The highest BCUT2D eigenvalue weighted by Crippen LogP contribution is 2.28. The van der Waals surface area contributed by atoms with Crippen molar-refractivity contribution < 1.29 is 9.53 Å². The third-order valence-corrected chi connectivity index (χ3v) is 3.48. The maximum atomic E-state index is 12.0. The summed E-state index contributed by atoms with van der Waals surface area (Å²) < 4.78 is 6.43. The van der Waals surface area contributed by atoms with Crippen molar-refractivity contribution in [3.63, 3.8) is 0 Å². The normalized spacial score (nSPS) is 15.4. The first-order valence-corrected chi connectivity index (χ1v) is 7.08. The predicted molar refractivity (Wildman–Crippen MR) is 79.9 cm³/mol. The van der Waals surface area contributed by atoms with Gasteiger partial charge in [0.2, 0.25) is 0 Å². The molecule has 1 aliphatic rings. The number of carbonyl (C=O) groups is 1. The number of halogens is 1. The highest BCUT2D eigenvalue weighted by atomic mass is 79.9. The molecule has 0 saturated heterocycles. The van der Waals surface area contributed by atoms with Gasteiger partial charge in [0.05, 0.1) is 0 Å². The molecule has 1 aliphatic heterocycles. The molecule has 1 aromatic rings. The molecule has 0 spiro atoms. The van der Waals surface area contributed by atoms with Crippen molar-refractivity contribution in [3.05, 3.63) is 40.4 Å². The van der Waals surface area contributed by atoms with Gasteiger partial charge < -0.3 is 9.64 Å². The van der Waals surface area contributed by atoms with E-state index in [9.17, 15) is 4.79 Å². The summed E-state index contributed by atoms with van der Waals surface area (Å²) in [5.41, 5.74) is 1.83. The first-order valence-electron chi connectivity index (χ1n) is 6.29. The SMILES string of the molecule is CC(C)(C)OC(=O)N1CC=C(c2ccccc2Br)C1. The smallest absolute Gasteiger partial charge is 0.410 e. The van der Waals surface area contributed by atoms with Gasteiger partial charge in [0.1, 0.15) is 5.60 Å². The summed E-state index contributed by atoms with van der Waals surface area (Å²) in [5.74, 6) is 0. The van der Waals surface area contributed by atoms with Crippen molar-refractivity contribution in [2.45, 2.75) is 26.4 Å². The van der Waals surface area contributed by atoms with Gasteiger partial charge in [0, 0.05) is 17.6 Å². The van der Waals surface area contributed by atoms with E-state index in [-0.39, 0.29) is 6.09 Å². The van der Waals surface area contributed by atoms with Crippen LogP contribution in [0, 0.1) is 0 Å². The molecule has 0 saturated carbocycles. The number of nitrogens with zero attached hydrogens (tertiary/aromatic N) is 1. The Kier molecular flexibility index (Phi) is 3.99. The number of rotatable bonds is 1. The van der Waals surface area contributed by atoms with Crippen LogP contribution < -0.4 is 0 Å². The Morgan fingerprint density at radius 3 is 2.63 bits per heavy atom. The molecule has 3 nitrogen and oxygen atoms in total. The monoisotopic (exact) mass is 323 g/mol. The number of carbonyl (C=O) groups excluding carboxylic acids is 1. The number of benzene rings is 1. The minimum atomic E-state index is -0.451. The first kappa shape index (κ1) is 14.1. The fourth-order valence-electron chi connectivity index (χ4n) is 1.94. The van der Waals surface area contributed by atoms with E-state index in [0.717, 1.165) is 15.6 Å². The van der Waals surface area contributed by atoms with Gasteiger partial charge in [-0.05, 0) is 38.0 Å². The molecule has 1 heterocycles. The van der Waals surface area contributed by atoms with Crippen LogP contribution in [0.3, 0.4) is 0 Å². The third-order valence-electron chi connectivity index (χ3n) is 2.79. The topological polar surface area (TPSA) is 29.5 Å². The van der Waals surface area contributed by atoms with Gasteiger partial charge in [0.15, 0.2) is 0 Å². The van der Waals surface area contributed by atoms with E-state index >= 15 is 0 Å². The summed E-state index contributed by atoms with van der Waals surface area (Å²) in [4.78, 5) is 13.7. The highest BCUT2D eigenvalue weighted by Gasteiger charge is 2.26. The molecule has 1 amide bonds. The van der Waals surface area contributed by atoms with E-state index in [4.69, 9.17) is 4.74 Å². The molecular weight excluding hydrogens is 306 g/mol. The lowest BCUT2D eigenvalue weighted by Gasteiger charge is -2.24. The molecule has 4 heteroatoms. The predicted octanol–water partition coefficient (Wildman–Crippen LogP) is 4.08. The standard InChI is InChI=1S/C15H18BrNO2/c1-15(2,3)19-14(18)17-9-8-11(10-17)12-6-4-5-7-13(12)16/h4-8H,9-10H2,1-3H3. The molecule has 0 N–H and O–H groups in total. The Balaban J connectivity index is 2.04. The average Bonchev–Trinajstić information content (AvgIpc) is 2.76. The Hall–Kier alpha value is -1.29. The van der Waals surface area contributed by atoms with Crippen LogP contribution in [0.4, 0.5) is 4.79 Å². The zero-order valence-electron chi connectivity index (χ0n) is 11.4. The van der Waals surface area contributed by atoms with Gasteiger partial charge in [0.25, 0.3) is 0 Å². The molecule has 0 bridgehead atoms. The fourth-order valence-corrected chi connectivity index (χ4v) is 2.48. The Morgan fingerprint density at radius 2 is 2.00 bits per heavy atom. The van der Waals surface area contributed by atoms with Crippen molar-refractivity contribution in [2.24, 2.45) is 0 Å². The minimum Gasteiger partial charge on any atom is -0.444 e. The van der Waals surface area contributed by atoms with E-state index in [1.165, 1.54) is 0 Å². The van der Waals surface area contributed by atoms with Crippen LogP contribution >= 0.6 is 15.9 Å². The van der Waals surface area contributed by atoms with Gasteiger partial charge in [-0.15, -0.1) is 0 Å². The maximum absolute atomic E-state index is 12.0. The van der Waals surface area contributed by atoms with E-state index in [1.54, 1.807) is 4.90 Å². The quantitative estimate of drug-likeness (QED) is 0.779. The van der Waals surface area contributed by atoms with Gasteiger partial charge in [-0.25, -0.2) is 4.79 Å². The highest BCUT2D eigenvalue weighted by molar-refractivity contribution is 9.10. The number of amides is 1. The summed E-state index contributed by atoms with van der Waals surface area (Å²) in [6.45, 7) is 6.83. The van der Waals surface area contributed by atoms with E-state index in [0.29, 0.717) is 13.1 Å². The Labute approximate surface area is 122 Å². The van der Waals surface area contributed by atoms with Crippen molar-refractivity contribution in [1.29, 1.82) is 0 Å². The van der Waals surface area contributed by atoms with E-state index < -0.39 is 5.60 Å². The van der Waals surface area contributed by atoms with Crippen LogP contribution in [0.5, 0.6) is 0 Å². The third kappa shape index (κ3) is 3.60.